The van der Waals surface area contributed by atoms with E-state index in [2.05, 4.69) is 0 Å². The van der Waals surface area contributed by atoms with Gasteiger partial charge in [0.25, 0.3) is 0 Å². The number of nitrogens with two attached hydrogens (primary N) is 1. The Kier molecular flexibility index (Phi) is 6.37. The van der Waals surface area contributed by atoms with E-state index < -0.39 is 11.9 Å². The summed E-state index contributed by atoms with van der Waals surface area (Å²) < 4.78 is 5.71. The SMILES string of the molecule is NC(=O)c1ccccc1-c1cccc(OCCCCCC(=O)O)c1. The van der Waals surface area contributed by atoms with Crippen LogP contribution in [-0.2, 0) is 4.79 Å². The maximum Gasteiger partial charge on any atom is 0.303 e. The van der Waals surface area contributed by atoms with Gasteiger partial charge in [0.15, 0.2) is 0 Å². The smallest absolute Gasteiger partial charge is 0.303 e. The van der Waals surface area contributed by atoms with Gasteiger partial charge in [-0.15, -0.1) is 0 Å². The van der Waals surface area contributed by atoms with Gasteiger partial charge in [0.2, 0.25) is 5.91 Å². The van der Waals surface area contributed by atoms with Crippen LogP contribution in [0.5, 0.6) is 5.75 Å². The summed E-state index contributed by atoms with van der Waals surface area (Å²) in [6.07, 6.45) is 2.47. The van der Waals surface area contributed by atoms with Gasteiger partial charge < -0.3 is 15.6 Å². The van der Waals surface area contributed by atoms with E-state index in [0.29, 0.717) is 24.3 Å². The quantitative estimate of drug-likeness (QED) is 0.690. The van der Waals surface area contributed by atoms with Crippen LogP contribution in [0.25, 0.3) is 11.1 Å². The molecule has 2 aromatic carbocycles. The van der Waals surface area contributed by atoms with Crippen molar-refractivity contribution in [2.75, 3.05) is 6.61 Å². The van der Waals surface area contributed by atoms with E-state index in [1.54, 1.807) is 12.1 Å². The van der Waals surface area contributed by atoms with Crippen LogP contribution in [-0.4, -0.2) is 23.6 Å². The molecule has 0 aliphatic carbocycles. The summed E-state index contributed by atoms with van der Waals surface area (Å²) in [5.74, 6) is -0.517. The molecule has 5 nitrogen and oxygen atoms in total. The van der Waals surface area contributed by atoms with Gasteiger partial charge in [-0.05, 0) is 48.6 Å². The number of rotatable bonds is 9. The Morgan fingerprint density at radius 3 is 2.54 bits per heavy atom. The zero-order chi connectivity index (χ0) is 17.4. The van der Waals surface area contributed by atoms with Crippen LogP contribution in [0.3, 0.4) is 0 Å². The fourth-order valence-electron chi connectivity index (χ4n) is 2.45. The molecular formula is C19H21NO4. The van der Waals surface area contributed by atoms with E-state index in [-0.39, 0.29) is 6.42 Å². The van der Waals surface area contributed by atoms with Crippen molar-refractivity contribution in [1.82, 2.24) is 0 Å². The van der Waals surface area contributed by atoms with Crippen LogP contribution in [0.15, 0.2) is 48.5 Å². The molecule has 0 radical (unpaired) electrons. The largest absolute Gasteiger partial charge is 0.494 e. The molecule has 0 unspecified atom stereocenters. The van der Waals surface area contributed by atoms with Gasteiger partial charge in [0.1, 0.15) is 5.75 Å². The lowest BCUT2D eigenvalue weighted by Crippen LogP contribution is -2.12. The maximum absolute atomic E-state index is 11.5. The Bertz CT molecular complexity index is 712. The van der Waals surface area contributed by atoms with E-state index in [1.165, 1.54) is 0 Å². The molecule has 5 heteroatoms. The second kappa shape index (κ2) is 8.72. The lowest BCUT2D eigenvalue weighted by Gasteiger charge is -2.10. The summed E-state index contributed by atoms with van der Waals surface area (Å²) in [5.41, 5.74) is 7.54. The minimum Gasteiger partial charge on any atom is -0.494 e. The van der Waals surface area contributed by atoms with Crippen molar-refractivity contribution in [1.29, 1.82) is 0 Å². The topological polar surface area (TPSA) is 89.6 Å². The monoisotopic (exact) mass is 327 g/mol. The molecule has 0 fully saturated rings. The highest BCUT2D eigenvalue weighted by atomic mass is 16.5. The van der Waals surface area contributed by atoms with Gasteiger partial charge in [-0.3, -0.25) is 9.59 Å². The number of aliphatic carboxylic acids is 1. The van der Waals surface area contributed by atoms with E-state index in [9.17, 15) is 9.59 Å². The second-order valence-corrected chi connectivity index (χ2v) is 5.49. The van der Waals surface area contributed by atoms with Crippen molar-refractivity contribution in [3.8, 4) is 16.9 Å². The minimum atomic E-state index is -0.767. The van der Waals surface area contributed by atoms with Crippen molar-refractivity contribution in [2.24, 2.45) is 5.73 Å². The number of carbonyl (C=O) groups excluding carboxylic acids is 1. The van der Waals surface area contributed by atoms with Crippen LogP contribution in [0.4, 0.5) is 0 Å². The zero-order valence-electron chi connectivity index (χ0n) is 13.4. The van der Waals surface area contributed by atoms with Crippen molar-refractivity contribution in [2.45, 2.75) is 25.7 Å². The average Bonchev–Trinajstić information content (AvgIpc) is 2.58. The number of hydrogen-bond donors (Lipinski definition) is 2. The first kappa shape index (κ1) is 17.5. The molecule has 0 saturated heterocycles. The first-order valence-electron chi connectivity index (χ1n) is 7.92. The number of amides is 1. The summed E-state index contributed by atoms with van der Waals surface area (Å²) in [4.78, 5) is 22.0. The van der Waals surface area contributed by atoms with E-state index >= 15 is 0 Å². The van der Waals surface area contributed by atoms with Gasteiger partial charge in [0.05, 0.1) is 6.61 Å². The summed E-state index contributed by atoms with van der Waals surface area (Å²) >= 11 is 0. The molecule has 0 atom stereocenters. The predicted molar refractivity (Wildman–Crippen MR) is 92.0 cm³/mol. The standard InChI is InChI=1S/C19H21NO4/c20-19(23)17-10-4-3-9-16(17)14-7-6-8-15(13-14)24-12-5-1-2-11-18(21)22/h3-4,6-10,13H,1-2,5,11-12H2,(H2,20,23)(H,21,22). The number of unbranched alkanes of at least 4 members (excludes halogenated alkanes) is 2. The van der Waals surface area contributed by atoms with Crippen LogP contribution in [0.2, 0.25) is 0 Å². The second-order valence-electron chi connectivity index (χ2n) is 5.49. The molecule has 2 aromatic rings. The molecule has 24 heavy (non-hydrogen) atoms. The third-order valence-corrected chi connectivity index (χ3v) is 3.64. The van der Waals surface area contributed by atoms with Crippen molar-refractivity contribution in [3.05, 3.63) is 54.1 Å². The number of benzene rings is 2. The fraction of sp³-hybridized carbons (Fsp3) is 0.263. The summed E-state index contributed by atoms with van der Waals surface area (Å²) in [5, 5.41) is 8.58. The Morgan fingerprint density at radius 1 is 1.00 bits per heavy atom. The Morgan fingerprint density at radius 2 is 1.79 bits per heavy atom. The molecule has 0 aromatic heterocycles. The molecule has 1 amide bonds. The highest BCUT2D eigenvalue weighted by molar-refractivity contribution is 5.99. The zero-order valence-corrected chi connectivity index (χ0v) is 13.4. The van der Waals surface area contributed by atoms with E-state index in [1.807, 2.05) is 36.4 Å². The van der Waals surface area contributed by atoms with Gasteiger partial charge in [-0.1, -0.05) is 30.3 Å². The lowest BCUT2D eigenvalue weighted by atomic mass is 9.99. The van der Waals surface area contributed by atoms with Crippen LogP contribution >= 0.6 is 0 Å². The first-order chi connectivity index (χ1) is 11.6. The molecule has 0 heterocycles. The number of carboxylic acid groups (broad SMARTS) is 1. The molecule has 0 aliphatic rings. The number of primary amides is 1. The first-order valence-corrected chi connectivity index (χ1v) is 7.92. The normalized spacial score (nSPS) is 10.3. The van der Waals surface area contributed by atoms with Gasteiger partial charge in [-0.25, -0.2) is 0 Å². The molecular weight excluding hydrogens is 306 g/mol. The van der Waals surface area contributed by atoms with Crippen LogP contribution < -0.4 is 10.5 Å². The Hall–Kier alpha value is -2.82. The molecule has 126 valence electrons. The third kappa shape index (κ3) is 5.12. The van der Waals surface area contributed by atoms with E-state index in [0.717, 1.165) is 24.0 Å². The Balaban J connectivity index is 1.97. The number of ether oxygens (including phenoxy) is 1. The summed E-state index contributed by atoms with van der Waals surface area (Å²) in [7, 11) is 0. The third-order valence-electron chi connectivity index (χ3n) is 3.64. The number of carbonyl (C=O) groups is 2. The highest BCUT2D eigenvalue weighted by Gasteiger charge is 2.09. The fourth-order valence-corrected chi connectivity index (χ4v) is 2.45. The van der Waals surface area contributed by atoms with E-state index in [4.69, 9.17) is 15.6 Å². The summed E-state index contributed by atoms with van der Waals surface area (Å²) in [6.45, 7) is 0.528. The minimum absolute atomic E-state index is 0.194. The number of hydrogen-bond acceptors (Lipinski definition) is 3. The van der Waals surface area contributed by atoms with Crippen LogP contribution in [0, 0.1) is 0 Å². The van der Waals surface area contributed by atoms with Crippen molar-refractivity contribution >= 4 is 11.9 Å². The van der Waals surface area contributed by atoms with Crippen LogP contribution in [0.1, 0.15) is 36.0 Å². The lowest BCUT2D eigenvalue weighted by molar-refractivity contribution is -0.137. The maximum atomic E-state index is 11.5. The van der Waals surface area contributed by atoms with Gasteiger partial charge in [0, 0.05) is 12.0 Å². The predicted octanol–water partition coefficient (Wildman–Crippen LogP) is 3.48. The molecule has 3 N–H and O–H groups in total. The average molecular weight is 327 g/mol. The van der Waals surface area contributed by atoms with Crippen molar-refractivity contribution in [3.63, 3.8) is 0 Å². The summed E-state index contributed by atoms with van der Waals surface area (Å²) in [6, 6.07) is 14.7. The number of carboxylic acids is 1. The van der Waals surface area contributed by atoms with Gasteiger partial charge >= 0.3 is 5.97 Å². The molecule has 0 spiro atoms. The molecule has 0 saturated carbocycles. The molecule has 0 aliphatic heterocycles. The Labute approximate surface area is 141 Å². The van der Waals surface area contributed by atoms with Gasteiger partial charge in [-0.2, -0.15) is 0 Å². The molecule has 0 bridgehead atoms. The van der Waals surface area contributed by atoms with Crippen molar-refractivity contribution < 1.29 is 19.4 Å². The highest BCUT2D eigenvalue weighted by Crippen LogP contribution is 2.27. The molecule has 2 rings (SSSR count).